The van der Waals surface area contributed by atoms with E-state index in [1.54, 1.807) is 0 Å². The molecule has 1 saturated carbocycles. The number of Topliss-reactive ketones (excluding diaryl/α,β-unsaturated/α-hetero) is 1. The second-order valence-corrected chi connectivity index (χ2v) is 26.1. The number of carbonyl (C=O) groups is 3. The average Bonchev–Trinajstić information content (AvgIpc) is 3.23. The summed E-state index contributed by atoms with van der Waals surface area (Å²) in [5, 5.41) is 0.00823. The summed E-state index contributed by atoms with van der Waals surface area (Å²) in [4.78, 5) is 38.5. The van der Waals surface area contributed by atoms with Crippen molar-refractivity contribution < 1.29 is 32.7 Å². The second-order valence-electron chi connectivity index (χ2n) is 16.6. The minimum Gasteiger partial charge on any atom is -0.469 e. The van der Waals surface area contributed by atoms with Crippen LogP contribution < -0.4 is 0 Å². The molecule has 1 aliphatic rings. The van der Waals surface area contributed by atoms with Gasteiger partial charge in [-0.05, 0) is 73.4 Å². The van der Waals surface area contributed by atoms with Crippen molar-refractivity contribution >= 4 is 34.4 Å². The first kappa shape index (κ1) is 42.5. The van der Waals surface area contributed by atoms with E-state index < -0.39 is 40.5 Å². The van der Waals surface area contributed by atoms with Crippen LogP contribution in [0.1, 0.15) is 113 Å². The van der Waals surface area contributed by atoms with Crippen LogP contribution in [0.4, 0.5) is 0 Å². The lowest BCUT2D eigenvalue weighted by molar-refractivity contribution is -0.151. The summed E-state index contributed by atoms with van der Waals surface area (Å²) in [7, 11) is -2.95. The molecular formula is C37H68O7Si2. The topological polar surface area (TPSA) is 88.1 Å². The standard InChI is InChI=1S/C37H68O7Si2/c1-15-16-19-27(2)24-29(43-45(11,12)36(4,5)6)22-23-30-32(44-46(13,14)37(7,8)9)25-31(38)34(30)35(40)42-26-28(3)20-17-18-21-33(39)41-10/h22-23,27,29-30,32,34H,3,15-21,24-26H2,1-2,4-14H3/b23-22+/t27-,29+,30-,32+,34+/m0/s1. The molecule has 1 rings (SSSR count). The highest BCUT2D eigenvalue weighted by atomic mass is 28.4. The van der Waals surface area contributed by atoms with Crippen molar-refractivity contribution in [3.8, 4) is 0 Å². The molecule has 0 aromatic rings. The summed E-state index contributed by atoms with van der Waals surface area (Å²) in [6.07, 6.45) is 10.6. The fraction of sp³-hybridized carbons (Fsp3) is 0.811. The van der Waals surface area contributed by atoms with Crippen molar-refractivity contribution in [3.05, 3.63) is 24.3 Å². The van der Waals surface area contributed by atoms with E-state index in [1.807, 2.05) is 6.08 Å². The first-order valence-electron chi connectivity index (χ1n) is 17.5. The summed E-state index contributed by atoms with van der Waals surface area (Å²) in [5.74, 6) is -1.76. The lowest BCUT2D eigenvalue weighted by Gasteiger charge is -2.40. The van der Waals surface area contributed by atoms with Gasteiger partial charge in [0, 0.05) is 18.8 Å². The molecule has 46 heavy (non-hydrogen) atoms. The van der Waals surface area contributed by atoms with Gasteiger partial charge in [-0.25, -0.2) is 0 Å². The fourth-order valence-corrected chi connectivity index (χ4v) is 7.85. The number of unbranched alkanes of at least 4 members (excludes halogenated alkanes) is 2. The van der Waals surface area contributed by atoms with Gasteiger partial charge in [-0.1, -0.05) is 93.4 Å². The molecule has 1 fully saturated rings. The van der Waals surface area contributed by atoms with E-state index in [0.29, 0.717) is 25.2 Å². The van der Waals surface area contributed by atoms with Crippen LogP contribution in [0.2, 0.25) is 36.3 Å². The highest BCUT2D eigenvalue weighted by Gasteiger charge is 2.50. The van der Waals surface area contributed by atoms with Gasteiger partial charge in [0.2, 0.25) is 0 Å². The van der Waals surface area contributed by atoms with Gasteiger partial charge in [0.25, 0.3) is 0 Å². The van der Waals surface area contributed by atoms with Crippen molar-refractivity contribution in [3.63, 3.8) is 0 Å². The Hall–Kier alpha value is -1.56. The molecule has 0 aliphatic heterocycles. The minimum absolute atomic E-state index is 0.0444. The number of carbonyl (C=O) groups excluding carboxylic acids is 3. The van der Waals surface area contributed by atoms with Gasteiger partial charge in [0.1, 0.15) is 18.3 Å². The summed E-state index contributed by atoms with van der Waals surface area (Å²) in [5.41, 5.74) is 0.758. The molecule has 9 heteroatoms. The molecule has 1 aliphatic carbocycles. The molecule has 7 nitrogen and oxygen atoms in total. The molecule has 0 saturated heterocycles. The average molecular weight is 681 g/mol. The van der Waals surface area contributed by atoms with E-state index >= 15 is 0 Å². The molecule has 0 unspecified atom stereocenters. The molecule has 266 valence electrons. The number of methoxy groups -OCH3 is 1. The third-order valence-corrected chi connectivity index (χ3v) is 19.4. The van der Waals surface area contributed by atoms with Crippen molar-refractivity contribution in [2.75, 3.05) is 13.7 Å². The summed E-state index contributed by atoms with van der Waals surface area (Å²) < 4.78 is 24.2. The Morgan fingerprint density at radius 1 is 0.978 bits per heavy atom. The SMILES string of the molecule is C=C(CCCCC(=O)OC)COC(=O)[C@H]1C(=O)C[C@@H](O[Si](C)(C)C(C)(C)C)[C@@H]1/C=C/[C@H](C[C@@H](C)CCCC)O[Si](C)(C)C(C)(C)C. The first-order chi connectivity index (χ1) is 21.1. The molecule has 0 aromatic heterocycles. The van der Waals surface area contributed by atoms with Crippen molar-refractivity contribution in [2.45, 2.75) is 162 Å². The maximum atomic E-state index is 13.6. The van der Waals surface area contributed by atoms with Crippen molar-refractivity contribution in [1.29, 1.82) is 0 Å². The smallest absolute Gasteiger partial charge is 0.317 e. The quantitative estimate of drug-likeness (QED) is 0.0441. The summed E-state index contributed by atoms with van der Waals surface area (Å²) in [6, 6.07) is 0. The van der Waals surface area contributed by atoms with Gasteiger partial charge >= 0.3 is 11.9 Å². The number of esters is 2. The van der Waals surface area contributed by atoms with Crippen LogP contribution in [0.3, 0.4) is 0 Å². The van der Waals surface area contributed by atoms with E-state index in [-0.39, 0.29) is 41.0 Å². The zero-order chi connectivity index (χ0) is 35.5. The van der Waals surface area contributed by atoms with Gasteiger partial charge in [0.05, 0.1) is 19.3 Å². The van der Waals surface area contributed by atoms with Gasteiger partial charge in [-0.15, -0.1) is 0 Å². The predicted molar refractivity (Wildman–Crippen MR) is 194 cm³/mol. The fourth-order valence-electron chi connectivity index (χ4n) is 5.21. The van der Waals surface area contributed by atoms with E-state index in [4.69, 9.17) is 18.3 Å². The van der Waals surface area contributed by atoms with E-state index in [1.165, 1.54) is 13.5 Å². The van der Waals surface area contributed by atoms with Crippen molar-refractivity contribution in [2.24, 2.45) is 17.8 Å². The third-order valence-electron chi connectivity index (χ3n) is 10.4. The van der Waals surface area contributed by atoms with E-state index in [9.17, 15) is 14.4 Å². The monoisotopic (exact) mass is 680 g/mol. The lowest BCUT2D eigenvalue weighted by atomic mass is 9.92. The minimum atomic E-state index is -2.24. The highest BCUT2D eigenvalue weighted by molar-refractivity contribution is 6.74. The van der Waals surface area contributed by atoms with Crippen LogP contribution in [0.25, 0.3) is 0 Å². The molecule has 0 spiro atoms. The Labute approximate surface area is 283 Å². The van der Waals surface area contributed by atoms with Crippen LogP contribution in [0.15, 0.2) is 24.3 Å². The van der Waals surface area contributed by atoms with E-state index in [0.717, 1.165) is 31.3 Å². The largest absolute Gasteiger partial charge is 0.469 e. The van der Waals surface area contributed by atoms with Crippen LogP contribution in [0.5, 0.6) is 0 Å². The van der Waals surface area contributed by atoms with Crippen LogP contribution >= 0.6 is 0 Å². The summed E-state index contributed by atoms with van der Waals surface area (Å²) in [6.45, 7) is 30.8. The Bertz CT molecular complexity index is 1040. The van der Waals surface area contributed by atoms with Crippen LogP contribution in [-0.2, 0) is 32.7 Å². The predicted octanol–water partition coefficient (Wildman–Crippen LogP) is 9.58. The molecule has 0 bridgehead atoms. The van der Waals surface area contributed by atoms with Crippen molar-refractivity contribution in [1.82, 2.24) is 0 Å². The number of ether oxygens (including phenoxy) is 2. The Balaban J connectivity index is 3.30. The normalized spacial score (nSPS) is 21.0. The molecular weight excluding hydrogens is 613 g/mol. The number of hydrogen-bond acceptors (Lipinski definition) is 7. The lowest BCUT2D eigenvalue weighted by Crippen LogP contribution is -2.45. The zero-order valence-corrected chi connectivity index (χ0v) is 33.7. The number of rotatable bonds is 19. The Morgan fingerprint density at radius 2 is 1.57 bits per heavy atom. The second kappa shape index (κ2) is 18.3. The molecule has 0 amide bonds. The van der Waals surface area contributed by atoms with E-state index in [2.05, 4.69) is 94.2 Å². The van der Waals surface area contributed by atoms with Gasteiger partial charge in [-0.2, -0.15) is 0 Å². The molecule has 0 aromatic carbocycles. The summed E-state index contributed by atoms with van der Waals surface area (Å²) >= 11 is 0. The number of ketones is 1. The Kier molecular flexibility index (Phi) is 16.9. The highest BCUT2D eigenvalue weighted by Crippen LogP contribution is 2.43. The van der Waals surface area contributed by atoms with Gasteiger partial charge in [0.15, 0.2) is 16.6 Å². The maximum absolute atomic E-state index is 13.6. The van der Waals surface area contributed by atoms with Crippen LogP contribution in [-0.4, -0.2) is 60.3 Å². The zero-order valence-electron chi connectivity index (χ0n) is 31.7. The first-order valence-corrected chi connectivity index (χ1v) is 23.3. The Morgan fingerprint density at radius 3 is 2.11 bits per heavy atom. The van der Waals surface area contributed by atoms with Gasteiger partial charge in [-0.3, -0.25) is 14.4 Å². The molecule has 5 atom stereocenters. The third kappa shape index (κ3) is 13.5. The molecule has 0 radical (unpaired) electrons. The number of hydrogen-bond donors (Lipinski definition) is 0. The molecule has 0 N–H and O–H groups in total. The molecule has 0 heterocycles. The van der Waals surface area contributed by atoms with Crippen LogP contribution in [0, 0.1) is 17.8 Å². The van der Waals surface area contributed by atoms with Gasteiger partial charge < -0.3 is 18.3 Å². The maximum Gasteiger partial charge on any atom is 0.317 e.